The average molecular weight is 389 g/mol. The van der Waals surface area contributed by atoms with E-state index in [0.29, 0.717) is 17.9 Å². The second-order valence-corrected chi connectivity index (χ2v) is 7.52. The number of aromatic nitrogens is 4. The SMILES string of the molecule is NC(=O)c1ccc(-c2nc3c(c(NCc4n[nH]c5c4CCC5)n2)CCNC3)cc1. The summed E-state index contributed by atoms with van der Waals surface area (Å²) in [6.07, 6.45) is 4.25. The minimum absolute atomic E-state index is 0.444. The first-order valence-corrected chi connectivity index (χ1v) is 9.98. The maximum absolute atomic E-state index is 11.3. The van der Waals surface area contributed by atoms with Crippen molar-refractivity contribution in [2.24, 2.45) is 5.73 Å². The fraction of sp³-hybridized carbons (Fsp3) is 0.333. The monoisotopic (exact) mass is 389 g/mol. The number of fused-ring (bicyclic) bond motifs is 2. The van der Waals surface area contributed by atoms with Gasteiger partial charge in [0.2, 0.25) is 5.91 Å². The summed E-state index contributed by atoms with van der Waals surface area (Å²) in [5.74, 6) is 1.06. The first-order chi connectivity index (χ1) is 14.2. The third kappa shape index (κ3) is 3.36. The van der Waals surface area contributed by atoms with Gasteiger partial charge in [-0.05, 0) is 49.9 Å². The van der Waals surface area contributed by atoms with Crippen molar-refractivity contribution in [2.75, 3.05) is 11.9 Å². The Morgan fingerprint density at radius 2 is 1.97 bits per heavy atom. The van der Waals surface area contributed by atoms with Crippen LogP contribution in [0.4, 0.5) is 5.82 Å². The van der Waals surface area contributed by atoms with E-state index >= 15 is 0 Å². The number of nitrogens with one attached hydrogen (secondary N) is 3. The molecule has 1 aliphatic carbocycles. The highest BCUT2D eigenvalue weighted by Crippen LogP contribution is 2.27. The van der Waals surface area contributed by atoms with Crippen molar-refractivity contribution in [3.8, 4) is 11.4 Å². The Bertz CT molecular complexity index is 1070. The number of aryl methyl sites for hydroxylation is 1. The number of carbonyl (C=O) groups is 1. The number of aromatic amines is 1. The predicted octanol–water partition coefficient (Wildman–Crippen LogP) is 1.71. The zero-order chi connectivity index (χ0) is 19.8. The van der Waals surface area contributed by atoms with Crippen LogP contribution in [0.5, 0.6) is 0 Å². The second-order valence-electron chi connectivity index (χ2n) is 7.52. The molecule has 0 radical (unpaired) electrons. The summed E-state index contributed by atoms with van der Waals surface area (Å²) in [4.78, 5) is 20.9. The zero-order valence-corrected chi connectivity index (χ0v) is 16.1. The quantitative estimate of drug-likeness (QED) is 0.527. The molecular formula is C21H23N7O. The highest BCUT2D eigenvalue weighted by molar-refractivity contribution is 5.93. The molecule has 1 aromatic carbocycles. The summed E-state index contributed by atoms with van der Waals surface area (Å²) in [5, 5.41) is 14.5. The van der Waals surface area contributed by atoms with Crippen LogP contribution in [0.1, 0.15) is 45.0 Å². The number of carbonyl (C=O) groups excluding carboxylic acids is 1. The van der Waals surface area contributed by atoms with Gasteiger partial charge in [-0.2, -0.15) is 5.10 Å². The van der Waals surface area contributed by atoms with Crippen LogP contribution in [-0.4, -0.2) is 32.6 Å². The van der Waals surface area contributed by atoms with E-state index in [9.17, 15) is 4.79 Å². The van der Waals surface area contributed by atoms with Gasteiger partial charge in [-0.3, -0.25) is 9.89 Å². The molecule has 5 rings (SSSR count). The number of rotatable bonds is 5. The maximum atomic E-state index is 11.3. The van der Waals surface area contributed by atoms with Gasteiger partial charge >= 0.3 is 0 Å². The Hall–Kier alpha value is -3.26. The Morgan fingerprint density at radius 1 is 1.10 bits per heavy atom. The second kappa shape index (κ2) is 7.29. The smallest absolute Gasteiger partial charge is 0.248 e. The fourth-order valence-corrected chi connectivity index (χ4v) is 4.12. The number of nitrogens with two attached hydrogens (primary N) is 1. The van der Waals surface area contributed by atoms with Gasteiger partial charge in [0.1, 0.15) is 5.82 Å². The van der Waals surface area contributed by atoms with Crippen molar-refractivity contribution in [1.82, 2.24) is 25.5 Å². The first kappa shape index (κ1) is 17.8. The largest absolute Gasteiger partial charge is 0.366 e. The molecule has 1 amide bonds. The number of amides is 1. The molecule has 5 N–H and O–H groups in total. The zero-order valence-electron chi connectivity index (χ0n) is 16.1. The molecule has 0 fully saturated rings. The third-order valence-corrected chi connectivity index (χ3v) is 5.68. The van der Waals surface area contributed by atoms with E-state index in [1.165, 1.54) is 17.7 Å². The summed E-state index contributed by atoms with van der Waals surface area (Å²) < 4.78 is 0. The Kier molecular flexibility index (Phi) is 4.48. The molecule has 0 unspecified atom stereocenters. The van der Waals surface area contributed by atoms with Gasteiger partial charge in [-0.15, -0.1) is 0 Å². The molecule has 29 heavy (non-hydrogen) atoms. The van der Waals surface area contributed by atoms with Crippen molar-refractivity contribution in [3.05, 3.63) is 58.0 Å². The molecular weight excluding hydrogens is 366 g/mol. The van der Waals surface area contributed by atoms with E-state index in [4.69, 9.17) is 15.7 Å². The Labute approximate surface area is 168 Å². The van der Waals surface area contributed by atoms with Crippen LogP contribution in [0.15, 0.2) is 24.3 Å². The molecule has 8 heteroatoms. The minimum atomic E-state index is -0.444. The molecule has 8 nitrogen and oxygen atoms in total. The van der Waals surface area contributed by atoms with Gasteiger partial charge in [-0.1, -0.05) is 12.1 Å². The van der Waals surface area contributed by atoms with Crippen LogP contribution in [0, 0.1) is 0 Å². The maximum Gasteiger partial charge on any atom is 0.248 e. The van der Waals surface area contributed by atoms with Crippen LogP contribution in [0.25, 0.3) is 11.4 Å². The molecule has 148 valence electrons. The molecule has 2 aliphatic rings. The van der Waals surface area contributed by atoms with Gasteiger partial charge < -0.3 is 16.4 Å². The summed E-state index contributed by atoms with van der Waals surface area (Å²) in [6.45, 7) is 2.27. The molecule has 0 spiro atoms. The van der Waals surface area contributed by atoms with Crippen LogP contribution >= 0.6 is 0 Å². The number of nitrogens with zero attached hydrogens (tertiary/aromatic N) is 3. The Balaban J connectivity index is 1.46. The first-order valence-electron chi connectivity index (χ1n) is 9.98. The molecule has 0 atom stereocenters. The molecule has 0 bridgehead atoms. The highest BCUT2D eigenvalue weighted by atomic mass is 16.1. The topological polar surface area (TPSA) is 122 Å². The molecule has 0 saturated carbocycles. The van der Waals surface area contributed by atoms with Gasteiger partial charge in [0, 0.05) is 28.9 Å². The molecule has 3 heterocycles. The average Bonchev–Trinajstić information content (AvgIpc) is 3.36. The third-order valence-electron chi connectivity index (χ3n) is 5.68. The van der Waals surface area contributed by atoms with Crippen molar-refractivity contribution < 1.29 is 4.79 Å². The number of primary amides is 1. The Morgan fingerprint density at radius 3 is 2.79 bits per heavy atom. The summed E-state index contributed by atoms with van der Waals surface area (Å²) in [6, 6.07) is 7.09. The lowest BCUT2D eigenvalue weighted by Gasteiger charge is -2.20. The molecule has 2 aromatic heterocycles. The number of anilines is 1. The lowest BCUT2D eigenvalue weighted by molar-refractivity contribution is 0.100. The van der Waals surface area contributed by atoms with Crippen LogP contribution in [0.3, 0.4) is 0 Å². The summed E-state index contributed by atoms with van der Waals surface area (Å²) >= 11 is 0. The van der Waals surface area contributed by atoms with Crippen molar-refractivity contribution in [3.63, 3.8) is 0 Å². The summed E-state index contributed by atoms with van der Waals surface area (Å²) in [5.41, 5.74) is 12.5. The van der Waals surface area contributed by atoms with Crippen molar-refractivity contribution in [2.45, 2.75) is 38.8 Å². The van der Waals surface area contributed by atoms with E-state index < -0.39 is 5.91 Å². The van der Waals surface area contributed by atoms with Crippen LogP contribution in [-0.2, 0) is 32.4 Å². The highest BCUT2D eigenvalue weighted by Gasteiger charge is 2.21. The molecule has 3 aromatic rings. The number of H-pyrrole nitrogens is 1. The van der Waals surface area contributed by atoms with E-state index in [1.54, 1.807) is 12.1 Å². The molecule has 0 saturated heterocycles. The van der Waals surface area contributed by atoms with Gasteiger partial charge in [0.05, 0.1) is 17.9 Å². The lowest BCUT2D eigenvalue weighted by atomic mass is 10.1. The van der Waals surface area contributed by atoms with E-state index in [1.807, 2.05) is 12.1 Å². The predicted molar refractivity (Wildman–Crippen MR) is 109 cm³/mol. The number of hydrogen-bond donors (Lipinski definition) is 4. The van der Waals surface area contributed by atoms with Crippen molar-refractivity contribution >= 4 is 11.7 Å². The molecule has 1 aliphatic heterocycles. The van der Waals surface area contributed by atoms with Gasteiger partial charge in [-0.25, -0.2) is 9.97 Å². The number of benzene rings is 1. The lowest BCUT2D eigenvalue weighted by Crippen LogP contribution is -2.26. The van der Waals surface area contributed by atoms with Gasteiger partial charge in [0.25, 0.3) is 0 Å². The van der Waals surface area contributed by atoms with Gasteiger partial charge in [0.15, 0.2) is 5.82 Å². The van der Waals surface area contributed by atoms with E-state index in [2.05, 4.69) is 20.8 Å². The standard InChI is InChI=1S/C21H23N7O/c22-19(29)12-4-6-13(7-5-12)20-25-17-10-23-9-8-15(17)21(26-20)24-11-18-14-2-1-3-16(14)27-28-18/h4-7,23H,1-3,8-11H2,(H2,22,29)(H,27,28)(H,24,25,26). The van der Waals surface area contributed by atoms with Crippen molar-refractivity contribution in [1.29, 1.82) is 0 Å². The normalized spacial score (nSPS) is 15.0. The van der Waals surface area contributed by atoms with E-state index in [0.717, 1.165) is 60.7 Å². The number of hydrogen-bond acceptors (Lipinski definition) is 6. The van der Waals surface area contributed by atoms with Crippen LogP contribution in [0.2, 0.25) is 0 Å². The summed E-state index contributed by atoms with van der Waals surface area (Å²) in [7, 11) is 0. The minimum Gasteiger partial charge on any atom is -0.366 e. The van der Waals surface area contributed by atoms with E-state index in [-0.39, 0.29) is 0 Å². The fourth-order valence-electron chi connectivity index (χ4n) is 4.12. The van der Waals surface area contributed by atoms with Crippen LogP contribution < -0.4 is 16.4 Å².